The van der Waals surface area contributed by atoms with Gasteiger partial charge >= 0.3 is 0 Å². The summed E-state index contributed by atoms with van der Waals surface area (Å²) >= 11 is 1.43. The fraction of sp³-hybridized carbons (Fsp3) is 0.556. The summed E-state index contributed by atoms with van der Waals surface area (Å²) in [6, 6.07) is 9.28. The van der Waals surface area contributed by atoms with Crippen molar-refractivity contribution in [3.05, 3.63) is 35.9 Å². The SMILES string of the molecule is Cl.O=C(CSCC(=O)N1CCC2(CCNC2)CC1)c1ccccc1. The van der Waals surface area contributed by atoms with Crippen LogP contribution in [0.25, 0.3) is 0 Å². The number of hydrogen-bond acceptors (Lipinski definition) is 4. The molecular formula is C18H25ClN2O2S. The molecule has 0 radical (unpaired) electrons. The number of carbonyl (C=O) groups is 2. The Morgan fingerprint density at radius 1 is 1.08 bits per heavy atom. The lowest BCUT2D eigenvalue weighted by atomic mass is 9.78. The predicted octanol–water partition coefficient (Wildman–Crippen LogP) is 2.63. The average molecular weight is 369 g/mol. The number of Topliss-reactive ketones (excluding diaryl/α,β-unsaturated/α-hetero) is 1. The molecule has 2 fully saturated rings. The van der Waals surface area contributed by atoms with Crippen LogP contribution in [0.4, 0.5) is 0 Å². The van der Waals surface area contributed by atoms with Gasteiger partial charge in [-0.05, 0) is 31.2 Å². The quantitative estimate of drug-likeness (QED) is 0.812. The van der Waals surface area contributed by atoms with E-state index in [1.807, 2.05) is 35.2 Å². The number of nitrogens with one attached hydrogen (secondary N) is 1. The first-order valence-corrected chi connectivity index (χ1v) is 9.49. The summed E-state index contributed by atoms with van der Waals surface area (Å²) in [7, 11) is 0. The Morgan fingerprint density at radius 2 is 1.79 bits per heavy atom. The van der Waals surface area contributed by atoms with Crippen molar-refractivity contribution in [3.63, 3.8) is 0 Å². The van der Waals surface area contributed by atoms with Crippen molar-refractivity contribution >= 4 is 35.9 Å². The van der Waals surface area contributed by atoms with Crippen LogP contribution in [0.15, 0.2) is 30.3 Å². The molecule has 2 heterocycles. The average Bonchev–Trinajstić information content (AvgIpc) is 3.04. The van der Waals surface area contributed by atoms with Crippen molar-refractivity contribution in [1.29, 1.82) is 0 Å². The Labute approximate surface area is 154 Å². The first kappa shape index (κ1) is 19.3. The van der Waals surface area contributed by atoms with Gasteiger partial charge in [-0.15, -0.1) is 24.2 Å². The molecule has 0 saturated carbocycles. The highest BCUT2D eigenvalue weighted by Crippen LogP contribution is 2.36. The molecule has 3 rings (SSSR count). The Kier molecular flexibility index (Phi) is 7.14. The van der Waals surface area contributed by atoms with E-state index in [1.165, 1.54) is 18.2 Å². The molecule has 1 spiro atoms. The molecule has 2 aliphatic heterocycles. The summed E-state index contributed by atoms with van der Waals surface area (Å²) < 4.78 is 0. The van der Waals surface area contributed by atoms with E-state index in [0.29, 0.717) is 16.9 Å². The summed E-state index contributed by atoms with van der Waals surface area (Å²) in [4.78, 5) is 26.3. The first-order valence-electron chi connectivity index (χ1n) is 8.33. The van der Waals surface area contributed by atoms with E-state index >= 15 is 0 Å². The van der Waals surface area contributed by atoms with Crippen molar-refractivity contribution in [2.24, 2.45) is 5.41 Å². The monoisotopic (exact) mass is 368 g/mol. The molecule has 4 nitrogen and oxygen atoms in total. The van der Waals surface area contributed by atoms with Gasteiger partial charge in [0.05, 0.1) is 11.5 Å². The molecule has 0 unspecified atom stereocenters. The van der Waals surface area contributed by atoms with Crippen LogP contribution in [0, 0.1) is 5.41 Å². The number of rotatable bonds is 5. The molecule has 0 aliphatic carbocycles. The lowest BCUT2D eigenvalue weighted by Gasteiger charge is -2.38. The molecule has 1 amide bonds. The summed E-state index contributed by atoms with van der Waals surface area (Å²) in [6.07, 6.45) is 3.47. The van der Waals surface area contributed by atoms with Gasteiger partial charge in [0, 0.05) is 25.2 Å². The second-order valence-corrected chi connectivity index (χ2v) is 7.58. The van der Waals surface area contributed by atoms with E-state index in [4.69, 9.17) is 0 Å². The first-order chi connectivity index (χ1) is 11.2. The van der Waals surface area contributed by atoms with Gasteiger partial charge in [0.1, 0.15) is 0 Å². The predicted molar refractivity (Wildman–Crippen MR) is 101 cm³/mol. The number of piperidine rings is 1. The number of carbonyl (C=O) groups excluding carboxylic acids is 2. The summed E-state index contributed by atoms with van der Waals surface area (Å²) in [5.74, 6) is 1.05. The maximum atomic E-state index is 12.3. The molecular weight excluding hydrogens is 344 g/mol. The number of halogens is 1. The van der Waals surface area contributed by atoms with Crippen LogP contribution < -0.4 is 5.32 Å². The fourth-order valence-electron chi connectivity index (χ4n) is 3.48. The van der Waals surface area contributed by atoms with Crippen LogP contribution >= 0.6 is 24.2 Å². The number of benzene rings is 1. The topological polar surface area (TPSA) is 49.4 Å². The molecule has 1 aromatic rings. The zero-order valence-corrected chi connectivity index (χ0v) is 15.5. The molecule has 0 aromatic heterocycles. The Bertz CT molecular complexity index is 551. The van der Waals surface area contributed by atoms with E-state index in [-0.39, 0.29) is 24.1 Å². The Morgan fingerprint density at radius 3 is 2.42 bits per heavy atom. The maximum absolute atomic E-state index is 12.3. The van der Waals surface area contributed by atoms with Crippen molar-refractivity contribution in [1.82, 2.24) is 10.2 Å². The third kappa shape index (κ3) is 4.74. The largest absolute Gasteiger partial charge is 0.342 e. The number of hydrogen-bond donors (Lipinski definition) is 1. The molecule has 1 N–H and O–H groups in total. The van der Waals surface area contributed by atoms with Gasteiger partial charge in [0.2, 0.25) is 5.91 Å². The van der Waals surface area contributed by atoms with Crippen LogP contribution in [0.2, 0.25) is 0 Å². The molecule has 24 heavy (non-hydrogen) atoms. The lowest BCUT2D eigenvalue weighted by molar-refractivity contribution is -0.130. The van der Waals surface area contributed by atoms with Crippen LogP contribution in [0.1, 0.15) is 29.6 Å². The van der Waals surface area contributed by atoms with E-state index in [9.17, 15) is 9.59 Å². The number of thioether (sulfide) groups is 1. The van der Waals surface area contributed by atoms with E-state index < -0.39 is 0 Å². The standard InChI is InChI=1S/C18H24N2O2S.ClH/c21-16(15-4-2-1-3-5-15)12-23-13-17(22)20-10-7-18(8-11-20)6-9-19-14-18;/h1-5,19H,6-14H2;1H. The minimum absolute atomic E-state index is 0. The Hall–Kier alpha value is -1.04. The molecule has 132 valence electrons. The molecule has 0 bridgehead atoms. The number of ketones is 1. The fourth-order valence-corrected chi connectivity index (χ4v) is 4.29. The third-order valence-corrected chi connectivity index (χ3v) is 5.98. The summed E-state index contributed by atoms with van der Waals surface area (Å²) in [5, 5.41) is 3.44. The summed E-state index contributed by atoms with van der Waals surface area (Å²) in [6.45, 7) is 3.96. The minimum atomic E-state index is 0. The second-order valence-electron chi connectivity index (χ2n) is 6.59. The lowest BCUT2D eigenvalue weighted by Crippen LogP contribution is -2.44. The van der Waals surface area contributed by atoms with Crippen LogP contribution in [0.5, 0.6) is 0 Å². The van der Waals surface area contributed by atoms with Crippen molar-refractivity contribution in [2.75, 3.05) is 37.7 Å². The van der Waals surface area contributed by atoms with Gasteiger partial charge in [-0.2, -0.15) is 0 Å². The smallest absolute Gasteiger partial charge is 0.232 e. The van der Waals surface area contributed by atoms with E-state index in [0.717, 1.165) is 44.6 Å². The minimum Gasteiger partial charge on any atom is -0.342 e. The van der Waals surface area contributed by atoms with Crippen molar-refractivity contribution < 1.29 is 9.59 Å². The molecule has 0 atom stereocenters. The highest BCUT2D eigenvalue weighted by Gasteiger charge is 2.37. The highest BCUT2D eigenvalue weighted by molar-refractivity contribution is 8.00. The zero-order valence-electron chi connectivity index (χ0n) is 13.8. The van der Waals surface area contributed by atoms with Gasteiger partial charge in [-0.1, -0.05) is 30.3 Å². The van der Waals surface area contributed by atoms with Crippen molar-refractivity contribution in [2.45, 2.75) is 19.3 Å². The third-order valence-electron chi connectivity index (χ3n) is 5.06. The van der Waals surface area contributed by atoms with Gasteiger partial charge in [0.15, 0.2) is 5.78 Å². The van der Waals surface area contributed by atoms with Crippen LogP contribution in [0.3, 0.4) is 0 Å². The van der Waals surface area contributed by atoms with Gasteiger partial charge in [-0.25, -0.2) is 0 Å². The highest BCUT2D eigenvalue weighted by atomic mass is 35.5. The molecule has 6 heteroatoms. The van der Waals surface area contributed by atoms with E-state index in [2.05, 4.69) is 5.32 Å². The van der Waals surface area contributed by atoms with Gasteiger partial charge in [0.25, 0.3) is 0 Å². The zero-order chi connectivity index (χ0) is 16.1. The molecule has 2 saturated heterocycles. The second kappa shape index (κ2) is 8.88. The van der Waals surface area contributed by atoms with Crippen molar-refractivity contribution in [3.8, 4) is 0 Å². The van der Waals surface area contributed by atoms with Crippen LogP contribution in [-0.4, -0.2) is 54.3 Å². The molecule has 2 aliphatic rings. The van der Waals surface area contributed by atoms with Crippen LogP contribution in [-0.2, 0) is 4.79 Å². The number of likely N-dealkylation sites (tertiary alicyclic amines) is 1. The summed E-state index contributed by atoms with van der Waals surface area (Å²) in [5.41, 5.74) is 1.16. The molecule has 1 aromatic carbocycles. The Balaban J connectivity index is 0.00000208. The normalized spacial score (nSPS) is 19.1. The number of amides is 1. The van der Waals surface area contributed by atoms with E-state index in [1.54, 1.807) is 0 Å². The maximum Gasteiger partial charge on any atom is 0.232 e. The number of nitrogens with zero attached hydrogens (tertiary/aromatic N) is 1. The van der Waals surface area contributed by atoms with Gasteiger partial charge < -0.3 is 10.2 Å². The van der Waals surface area contributed by atoms with Gasteiger partial charge in [-0.3, -0.25) is 9.59 Å².